The van der Waals surface area contributed by atoms with Gasteiger partial charge in [-0.1, -0.05) is 48.6 Å². The van der Waals surface area contributed by atoms with E-state index >= 15 is 0 Å². The van der Waals surface area contributed by atoms with Gasteiger partial charge in [-0.15, -0.1) is 11.8 Å². The first-order valence-electron chi connectivity index (χ1n) is 11.5. The smallest absolute Gasteiger partial charge is 0.130 e. The van der Waals surface area contributed by atoms with E-state index in [-0.39, 0.29) is 23.4 Å². The van der Waals surface area contributed by atoms with Crippen LogP contribution in [-0.4, -0.2) is 28.6 Å². The minimum atomic E-state index is -0.247. The summed E-state index contributed by atoms with van der Waals surface area (Å²) in [6.07, 6.45) is 12.2. The van der Waals surface area contributed by atoms with E-state index in [2.05, 4.69) is 54.1 Å². The third-order valence-corrected chi connectivity index (χ3v) is 8.26. The minimum Gasteiger partial charge on any atom is -0.508 e. The zero-order valence-corrected chi connectivity index (χ0v) is 19.0. The summed E-state index contributed by atoms with van der Waals surface area (Å²) in [5.74, 6) is 2.64. The zero-order chi connectivity index (χ0) is 21.7. The van der Waals surface area contributed by atoms with Crippen LogP contribution in [0.5, 0.6) is 11.5 Å². The fourth-order valence-corrected chi connectivity index (χ4v) is 6.51. The van der Waals surface area contributed by atoms with E-state index in [9.17, 15) is 5.11 Å². The molecule has 0 aromatic heterocycles. The number of nitrogens with zero attached hydrogens (tertiary/aromatic N) is 1. The van der Waals surface area contributed by atoms with Crippen molar-refractivity contribution >= 4 is 17.5 Å². The second-order valence-electron chi connectivity index (χ2n) is 9.10. The quantitative estimate of drug-likeness (QED) is 0.607. The Balaban J connectivity index is 1.43. The van der Waals surface area contributed by atoms with Gasteiger partial charge < -0.3 is 9.84 Å². The van der Waals surface area contributed by atoms with Crippen LogP contribution in [0.15, 0.2) is 77.3 Å². The molecule has 6 rings (SSSR count). The third kappa shape index (κ3) is 3.30. The van der Waals surface area contributed by atoms with Gasteiger partial charge in [-0.3, -0.25) is 10.3 Å². The highest BCUT2D eigenvalue weighted by atomic mass is 32.2. The molecule has 0 amide bonds. The van der Waals surface area contributed by atoms with Gasteiger partial charge in [0, 0.05) is 35.1 Å². The van der Waals surface area contributed by atoms with E-state index < -0.39 is 0 Å². The van der Waals surface area contributed by atoms with E-state index in [1.807, 2.05) is 18.2 Å². The molecule has 4 aliphatic rings. The van der Waals surface area contributed by atoms with Crippen LogP contribution >= 0.6 is 11.8 Å². The lowest BCUT2D eigenvalue weighted by Crippen LogP contribution is -2.41. The van der Waals surface area contributed by atoms with Crippen molar-refractivity contribution in [2.75, 3.05) is 6.26 Å². The number of benzene rings is 2. The summed E-state index contributed by atoms with van der Waals surface area (Å²) < 4.78 is 6.45. The highest BCUT2D eigenvalue weighted by Crippen LogP contribution is 2.53. The molecule has 6 unspecified atom stereocenters. The Morgan fingerprint density at radius 3 is 2.75 bits per heavy atom. The number of rotatable bonds is 3. The highest BCUT2D eigenvalue weighted by Gasteiger charge is 2.47. The van der Waals surface area contributed by atoms with Gasteiger partial charge in [0.05, 0.1) is 5.37 Å². The summed E-state index contributed by atoms with van der Waals surface area (Å²) in [7, 11) is 0. The van der Waals surface area contributed by atoms with E-state index in [1.54, 1.807) is 17.8 Å². The Bertz CT molecular complexity index is 1120. The van der Waals surface area contributed by atoms with Crippen LogP contribution in [0.3, 0.4) is 0 Å². The van der Waals surface area contributed by atoms with Crippen molar-refractivity contribution in [2.45, 2.75) is 42.8 Å². The normalized spacial score (nSPS) is 32.8. The van der Waals surface area contributed by atoms with Crippen molar-refractivity contribution in [1.29, 1.82) is 0 Å². The summed E-state index contributed by atoms with van der Waals surface area (Å²) in [6, 6.07) is 16.1. The maximum absolute atomic E-state index is 10.5. The Labute approximate surface area is 193 Å². The number of thioether (sulfide) groups is 1. The minimum absolute atomic E-state index is 0.0732. The fourth-order valence-electron chi connectivity index (χ4n) is 5.92. The Kier molecular flexibility index (Phi) is 5.11. The van der Waals surface area contributed by atoms with Crippen molar-refractivity contribution in [2.24, 2.45) is 16.8 Å². The van der Waals surface area contributed by atoms with Gasteiger partial charge in [0.25, 0.3) is 0 Å². The lowest BCUT2D eigenvalue weighted by molar-refractivity contribution is 0.182. The number of ether oxygens (including phenoxy) is 1. The zero-order valence-electron chi connectivity index (χ0n) is 18.1. The second kappa shape index (κ2) is 8.13. The molecule has 2 aliphatic heterocycles. The molecule has 0 fully saturated rings. The van der Waals surface area contributed by atoms with Crippen LogP contribution in [0.2, 0.25) is 0 Å². The molecular formula is C27H28N2O2S. The van der Waals surface area contributed by atoms with E-state index in [0.29, 0.717) is 17.8 Å². The molecule has 6 atom stereocenters. The van der Waals surface area contributed by atoms with Crippen molar-refractivity contribution in [3.8, 4) is 11.5 Å². The molecule has 0 saturated heterocycles. The second-order valence-corrected chi connectivity index (χ2v) is 10.1. The average molecular weight is 445 g/mol. The van der Waals surface area contributed by atoms with Crippen LogP contribution < -0.4 is 10.1 Å². The largest absolute Gasteiger partial charge is 0.508 e. The van der Waals surface area contributed by atoms with Crippen molar-refractivity contribution in [1.82, 2.24) is 5.32 Å². The molecular weight excluding hydrogens is 416 g/mol. The molecule has 2 aliphatic carbocycles. The third-order valence-electron chi connectivity index (χ3n) is 7.39. The molecule has 2 heterocycles. The summed E-state index contributed by atoms with van der Waals surface area (Å²) in [5, 5.41) is 14.3. The number of nitrogens with one attached hydrogen (secondary N) is 1. The maximum Gasteiger partial charge on any atom is 0.130 e. The standard InChI is InChI=1S/C27H28N2O2S/c1-32-25-15-21(28-27(29-25)18-10-4-6-12-22(18)30)20-14-24-26(17-9-3-2-8-16(17)20)19-11-5-7-13-23(19)31-24/h2,4-8,10-14,16-17,24-27,29-30H,3,9,15H2,1H3. The van der Waals surface area contributed by atoms with Crippen molar-refractivity contribution in [3.63, 3.8) is 0 Å². The Hall–Kier alpha value is -2.50. The van der Waals surface area contributed by atoms with Crippen LogP contribution in [-0.2, 0) is 0 Å². The molecule has 4 nitrogen and oxygen atoms in total. The molecule has 0 saturated carbocycles. The Morgan fingerprint density at radius 1 is 1.09 bits per heavy atom. The lowest BCUT2D eigenvalue weighted by Gasteiger charge is -2.41. The van der Waals surface area contributed by atoms with Crippen molar-refractivity contribution < 1.29 is 9.84 Å². The molecule has 2 aromatic carbocycles. The predicted octanol–water partition coefficient (Wildman–Crippen LogP) is 5.58. The van der Waals surface area contributed by atoms with Gasteiger partial charge in [-0.2, -0.15) is 0 Å². The number of allylic oxidation sites excluding steroid dienone is 3. The molecule has 164 valence electrons. The summed E-state index contributed by atoms with van der Waals surface area (Å²) >= 11 is 1.81. The van der Waals surface area contributed by atoms with Crippen LogP contribution in [0.1, 0.15) is 42.5 Å². The average Bonchev–Trinajstić information content (AvgIpc) is 3.22. The SMILES string of the molecule is CSC1CC(C2=CC3Oc4ccccc4C3C3CCC=CC23)=NC(c2ccccc2O)N1. The number of hydrogen-bond acceptors (Lipinski definition) is 5. The topological polar surface area (TPSA) is 53.9 Å². The van der Waals surface area contributed by atoms with Gasteiger partial charge in [-0.25, -0.2) is 0 Å². The van der Waals surface area contributed by atoms with E-state index in [1.165, 1.54) is 17.6 Å². The molecule has 0 bridgehead atoms. The molecule has 0 radical (unpaired) electrons. The van der Waals surface area contributed by atoms with Crippen LogP contribution in [0.4, 0.5) is 0 Å². The monoisotopic (exact) mass is 444 g/mol. The van der Waals surface area contributed by atoms with Crippen LogP contribution in [0, 0.1) is 11.8 Å². The molecule has 2 aromatic rings. The molecule has 2 N–H and O–H groups in total. The number of phenolic OH excluding ortho intramolecular Hbond substituents is 1. The number of para-hydroxylation sites is 2. The maximum atomic E-state index is 10.5. The van der Waals surface area contributed by atoms with Crippen LogP contribution in [0.25, 0.3) is 0 Å². The van der Waals surface area contributed by atoms with Gasteiger partial charge in [0.2, 0.25) is 0 Å². The van der Waals surface area contributed by atoms with Gasteiger partial charge >= 0.3 is 0 Å². The number of phenols is 1. The number of aliphatic imine (C=N–C) groups is 1. The number of hydrogen-bond donors (Lipinski definition) is 2. The first kappa shape index (κ1) is 20.1. The molecule has 32 heavy (non-hydrogen) atoms. The van der Waals surface area contributed by atoms with Crippen molar-refractivity contribution in [3.05, 3.63) is 83.5 Å². The molecule has 0 spiro atoms. The summed E-state index contributed by atoms with van der Waals surface area (Å²) in [5.41, 5.74) is 4.66. The number of fused-ring (bicyclic) bond motifs is 5. The summed E-state index contributed by atoms with van der Waals surface area (Å²) in [6.45, 7) is 0. The first-order chi connectivity index (χ1) is 15.7. The lowest BCUT2D eigenvalue weighted by atomic mass is 9.64. The summed E-state index contributed by atoms with van der Waals surface area (Å²) in [4.78, 5) is 5.16. The first-order valence-corrected chi connectivity index (χ1v) is 12.8. The van der Waals surface area contributed by atoms with E-state index in [4.69, 9.17) is 9.73 Å². The van der Waals surface area contributed by atoms with Gasteiger partial charge in [-0.05, 0) is 48.8 Å². The highest BCUT2D eigenvalue weighted by molar-refractivity contribution is 7.99. The predicted molar refractivity (Wildman–Crippen MR) is 130 cm³/mol. The fraction of sp³-hybridized carbons (Fsp3) is 0.370. The Morgan fingerprint density at radius 2 is 1.91 bits per heavy atom. The van der Waals surface area contributed by atoms with Gasteiger partial charge in [0.15, 0.2) is 0 Å². The number of aromatic hydroxyl groups is 1. The van der Waals surface area contributed by atoms with E-state index in [0.717, 1.165) is 29.9 Å². The molecule has 5 heteroatoms. The van der Waals surface area contributed by atoms with Gasteiger partial charge in [0.1, 0.15) is 23.8 Å².